The van der Waals surface area contributed by atoms with Crippen LogP contribution in [0, 0.1) is 0 Å². The maximum Gasteiger partial charge on any atom is 0.339 e. The molecular weight excluding hydrogens is 400 g/mol. The molecule has 0 saturated heterocycles. The highest BCUT2D eigenvalue weighted by Crippen LogP contribution is 2.23. The van der Waals surface area contributed by atoms with Gasteiger partial charge in [0.2, 0.25) is 0 Å². The number of ether oxygens (including phenoxy) is 2. The van der Waals surface area contributed by atoms with Crippen LogP contribution in [0.5, 0.6) is 5.75 Å². The van der Waals surface area contributed by atoms with Gasteiger partial charge in [0.15, 0.2) is 11.1 Å². The van der Waals surface area contributed by atoms with Gasteiger partial charge in [0, 0.05) is 0 Å². The Balaban J connectivity index is 2.45. The van der Waals surface area contributed by atoms with Crippen LogP contribution >= 0.6 is 0 Å². The van der Waals surface area contributed by atoms with Crippen molar-refractivity contribution < 1.29 is 40.4 Å². The number of carbonyl (C=O) groups excluding carboxylic acids is 2. The van der Waals surface area contributed by atoms with Gasteiger partial charge in [-0.1, -0.05) is 0 Å². The second kappa shape index (κ2) is 8.29. The molecule has 0 fully saturated rings. The maximum absolute atomic E-state index is 12.5. The normalized spacial score (nSPS) is 12.1. The van der Waals surface area contributed by atoms with E-state index in [1.54, 1.807) is 0 Å². The molecule has 11 heteroatoms. The smallest absolute Gasteiger partial charge is 0.339 e. The Hall–Kier alpha value is -2.76. The van der Waals surface area contributed by atoms with E-state index < -0.39 is 38.0 Å². The fraction of sp³-hybridized carbons (Fsp3) is 0.125. The topological polar surface area (TPSA) is 133 Å². The fourth-order valence-corrected chi connectivity index (χ4v) is 3.37. The van der Waals surface area contributed by atoms with Crippen molar-refractivity contribution in [1.82, 2.24) is 0 Å². The van der Waals surface area contributed by atoms with Crippen molar-refractivity contribution in [3.05, 3.63) is 53.6 Å². The molecule has 1 unspecified atom stereocenters. The summed E-state index contributed by atoms with van der Waals surface area (Å²) in [6.45, 7) is 0. The molecule has 2 aromatic rings. The Morgan fingerprint density at radius 1 is 0.926 bits per heavy atom. The van der Waals surface area contributed by atoms with Crippen LogP contribution in [-0.2, 0) is 30.7 Å². The second-order valence-corrected chi connectivity index (χ2v) is 7.50. The van der Waals surface area contributed by atoms with E-state index in [4.69, 9.17) is 8.74 Å². The summed E-state index contributed by atoms with van der Waals surface area (Å²) in [4.78, 5) is 23.1. The third-order valence-corrected chi connectivity index (χ3v) is 5.17. The van der Waals surface area contributed by atoms with Gasteiger partial charge in [-0.05, 0) is 42.5 Å². The van der Waals surface area contributed by atoms with E-state index in [9.17, 15) is 22.2 Å². The Labute approximate surface area is 157 Å². The molecule has 0 saturated carbocycles. The van der Waals surface area contributed by atoms with Crippen LogP contribution in [0.25, 0.3) is 0 Å². The molecule has 0 spiro atoms. The van der Waals surface area contributed by atoms with E-state index in [1.807, 2.05) is 0 Å². The lowest BCUT2D eigenvalue weighted by molar-refractivity contribution is 0.0598. The summed E-state index contributed by atoms with van der Waals surface area (Å²) in [6.07, 6.45) is 0. The molecule has 2 aromatic carbocycles. The standard InChI is InChI=1S/C16H14O9S2/c1-23-15(17)10-7-11(16(18)24-2)9-14(8-10)27(21,22)25-12-3-5-13(6-4-12)26(19)20/h3-9H,1-2H3,(H,19,20). The first-order chi connectivity index (χ1) is 12.7. The first-order valence-corrected chi connectivity index (χ1v) is 9.66. The van der Waals surface area contributed by atoms with Gasteiger partial charge in [-0.3, -0.25) is 0 Å². The predicted molar refractivity (Wildman–Crippen MR) is 92.4 cm³/mol. The Bertz CT molecular complexity index is 961. The molecule has 27 heavy (non-hydrogen) atoms. The summed E-state index contributed by atoms with van der Waals surface area (Å²) in [7, 11) is -2.23. The van der Waals surface area contributed by atoms with E-state index in [0.717, 1.165) is 32.4 Å². The minimum Gasteiger partial charge on any atom is -0.465 e. The van der Waals surface area contributed by atoms with Crippen molar-refractivity contribution in [2.75, 3.05) is 14.2 Å². The van der Waals surface area contributed by atoms with Gasteiger partial charge in [0.25, 0.3) is 0 Å². The number of hydrogen-bond acceptors (Lipinski definition) is 8. The number of esters is 2. The quantitative estimate of drug-likeness (QED) is 0.425. The van der Waals surface area contributed by atoms with Crippen LogP contribution in [0.4, 0.5) is 0 Å². The fourth-order valence-electron chi connectivity index (χ4n) is 2.00. The van der Waals surface area contributed by atoms with Gasteiger partial charge in [-0.25, -0.2) is 13.8 Å². The van der Waals surface area contributed by atoms with Crippen LogP contribution in [0.15, 0.2) is 52.3 Å². The zero-order valence-electron chi connectivity index (χ0n) is 14.1. The van der Waals surface area contributed by atoms with Gasteiger partial charge in [-0.2, -0.15) is 8.42 Å². The number of hydrogen-bond donors (Lipinski definition) is 1. The van der Waals surface area contributed by atoms with E-state index in [-0.39, 0.29) is 21.8 Å². The molecule has 0 aromatic heterocycles. The molecule has 0 aliphatic rings. The minimum absolute atomic E-state index is 0.0559. The highest BCUT2D eigenvalue weighted by molar-refractivity contribution is 7.87. The molecule has 0 amide bonds. The molecule has 0 aliphatic heterocycles. The van der Waals surface area contributed by atoms with E-state index in [2.05, 4.69) is 9.47 Å². The van der Waals surface area contributed by atoms with Crippen molar-refractivity contribution in [3.8, 4) is 5.75 Å². The first kappa shape index (κ1) is 20.6. The van der Waals surface area contributed by atoms with Crippen LogP contribution in [-0.4, -0.2) is 43.3 Å². The lowest BCUT2D eigenvalue weighted by atomic mass is 10.1. The van der Waals surface area contributed by atoms with E-state index >= 15 is 0 Å². The Kier molecular flexibility index (Phi) is 6.31. The van der Waals surface area contributed by atoms with E-state index in [0.29, 0.717) is 0 Å². The lowest BCUT2D eigenvalue weighted by Crippen LogP contribution is -2.14. The molecule has 144 valence electrons. The molecule has 9 nitrogen and oxygen atoms in total. The third-order valence-electron chi connectivity index (χ3n) is 3.27. The van der Waals surface area contributed by atoms with Crippen molar-refractivity contribution in [2.45, 2.75) is 9.79 Å². The molecule has 0 radical (unpaired) electrons. The van der Waals surface area contributed by atoms with Crippen molar-refractivity contribution >= 4 is 33.1 Å². The van der Waals surface area contributed by atoms with Crippen LogP contribution < -0.4 is 4.18 Å². The lowest BCUT2D eigenvalue weighted by Gasteiger charge is -2.10. The largest absolute Gasteiger partial charge is 0.465 e. The first-order valence-electron chi connectivity index (χ1n) is 7.15. The van der Waals surface area contributed by atoms with Gasteiger partial charge >= 0.3 is 22.1 Å². The van der Waals surface area contributed by atoms with Crippen molar-refractivity contribution in [3.63, 3.8) is 0 Å². The Morgan fingerprint density at radius 3 is 1.81 bits per heavy atom. The highest BCUT2D eigenvalue weighted by atomic mass is 32.2. The summed E-state index contributed by atoms with van der Waals surface area (Å²) in [6, 6.07) is 7.91. The Morgan fingerprint density at radius 2 is 1.41 bits per heavy atom. The number of benzene rings is 2. The van der Waals surface area contributed by atoms with Crippen LogP contribution in [0.3, 0.4) is 0 Å². The summed E-state index contributed by atoms with van der Waals surface area (Å²) < 4.78 is 59.0. The summed E-state index contributed by atoms with van der Waals surface area (Å²) in [5, 5.41) is 0. The average Bonchev–Trinajstić information content (AvgIpc) is 2.66. The molecule has 2 rings (SSSR count). The number of rotatable bonds is 6. The number of methoxy groups -OCH3 is 2. The van der Waals surface area contributed by atoms with Gasteiger partial charge in [-0.15, -0.1) is 0 Å². The van der Waals surface area contributed by atoms with Gasteiger partial charge in [0.05, 0.1) is 30.2 Å². The zero-order chi connectivity index (χ0) is 20.2. The van der Waals surface area contributed by atoms with Crippen molar-refractivity contribution in [1.29, 1.82) is 0 Å². The van der Waals surface area contributed by atoms with Crippen LogP contribution in [0.1, 0.15) is 20.7 Å². The highest BCUT2D eigenvalue weighted by Gasteiger charge is 2.23. The summed E-state index contributed by atoms with van der Waals surface area (Å²) in [5.41, 5.74) is -0.373. The van der Waals surface area contributed by atoms with Gasteiger partial charge < -0.3 is 18.2 Å². The monoisotopic (exact) mass is 414 g/mol. The maximum atomic E-state index is 12.5. The minimum atomic E-state index is -4.43. The van der Waals surface area contributed by atoms with Gasteiger partial charge in [0.1, 0.15) is 10.6 Å². The zero-order valence-corrected chi connectivity index (χ0v) is 15.7. The van der Waals surface area contributed by atoms with E-state index in [1.165, 1.54) is 24.3 Å². The predicted octanol–water partition coefficient (Wildman–Crippen LogP) is 1.61. The molecule has 1 atom stereocenters. The summed E-state index contributed by atoms with van der Waals surface area (Å²) >= 11 is -2.22. The van der Waals surface area contributed by atoms with Crippen LogP contribution in [0.2, 0.25) is 0 Å². The molecular formula is C16H14O9S2. The average molecular weight is 414 g/mol. The van der Waals surface area contributed by atoms with Crippen molar-refractivity contribution in [2.24, 2.45) is 0 Å². The third kappa shape index (κ3) is 4.90. The summed E-state index contributed by atoms with van der Waals surface area (Å²) in [5.74, 6) is -1.84. The number of carbonyl (C=O) groups is 2. The molecule has 0 bridgehead atoms. The molecule has 0 heterocycles. The molecule has 0 aliphatic carbocycles. The molecule has 1 N–H and O–H groups in total. The second-order valence-electron chi connectivity index (χ2n) is 4.99. The SMILES string of the molecule is COC(=O)c1cc(C(=O)OC)cc(S(=O)(=O)Oc2ccc(S(=O)O)cc2)c1.